The van der Waals surface area contributed by atoms with Crippen molar-refractivity contribution in [2.45, 2.75) is 48.5 Å². The molecular formula is C13H24O6. The smallest absolute Gasteiger partial charge is 0.301 e. The van der Waals surface area contributed by atoms with E-state index in [0.717, 1.165) is 0 Å². The van der Waals surface area contributed by atoms with E-state index in [4.69, 9.17) is 10.5 Å². The van der Waals surface area contributed by atoms with Crippen molar-refractivity contribution in [2.24, 2.45) is 22.2 Å². The van der Waals surface area contributed by atoms with Crippen molar-refractivity contribution < 1.29 is 29.9 Å². The van der Waals surface area contributed by atoms with Crippen LogP contribution in [0.5, 0.6) is 0 Å². The van der Waals surface area contributed by atoms with Gasteiger partial charge in [-0.05, 0) is 10.8 Å². The molecule has 0 aliphatic rings. The van der Waals surface area contributed by atoms with E-state index in [1.807, 2.05) is 0 Å². The van der Waals surface area contributed by atoms with Crippen LogP contribution in [-0.4, -0.2) is 22.5 Å². The minimum atomic E-state index is -1.38. The second-order valence-electron chi connectivity index (χ2n) is 6.82. The SMILES string of the molecule is CC(C(=O)OO)C(C(=O)OO)(C(C)(C)C)C(C)(C)C. The molecule has 0 heterocycles. The first-order chi connectivity index (χ1) is 8.37. The molecule has 0 aliphatic heterocycles. The van der Waals surface area contributed by atoms with Gasteiger partial charge in [0.05, 0.1) is 11.3 Å². The van der Waals surface area contributed by atoms with E-state index in [1.54, 1.807) is 41.5 Å². The van der Waals surface area contributed by atoms with Crippen LogP contribution in [0.3, 0.4) is 0 Å². The van der Waals surface area contributed by atoms with Gasteiger partial charge in [0.25, 0.3) is 0 Å². The summed E-state index contributed by atoms with van der Waals surface area (Å²) < 4.78 is 0. The molecule has 6 nitrogen and oxygen atoms in total. The number of rotatable bonds is 3. The van der Waals surface area contributed by atoms with Crippen LogP contribution in [-0.2, 0) is 19.4 Å². The monoisotopic (exact) mass is 276 g/mol. The van der Waals surface area contributed by atoms with E-state index in [9.17, 15) is 9.59 Å². The molecule has 0 aromatic heterocycles. The first-order valence-electron chi connectivity index (χ1n) is 6.09. The highest BCUT2D eigenvalue weighted by atomic mass is 17.1. The molecule has 0 aromatic rings. The van der Waals surface area contributed by atoms with Crippen LogP contribution in [0.15, 0.2) is 0 Å². The average Bonchev–Trinajstić information content (AvgIpc) is 2.24. The lowest BCUT2D eigenvalue weighted by molar-refractivity contribution is -0.273. The molecule has 0 saturated heterocycles. The van der Waals surface area contributed by atoms with Gasteiger partial charge in [0.2, 0.25) is 0 Å². The summed E-state index contributed by atoms with van der Waals surface area (Å²) in [6.45, 7) is 12.0. The van der Waals surface area contributed by atoms with Crippen LogP contribution in [0.2, 0.25) is 0 Å². The van der Waals surface area contributed by atoms with Crippen molar-refractivity contribution in [1.29, 1.82) is 0 Å². The Labute approximate surface area is 113 Å². The molecule has 2 N–H and O–H groups in total. The molecule has 0 bridgehead atoms. The fraction of sp³-hybridized carbons (Fsp3) is 0.846. The third-order valence-electron chi connectivity index (χ3n) is 3.86. The van der Waals surface area contributed by atoms with Gasteiger partial charge in [0, 0.05) is 0 Å². The third-order valence-corrected chi connectivity index (χ3v) is 3.86. The van der Waals surface area contributed by atoms with E-state index in [0.29, 0.717) is 0 Å². The molecule has 0 spiro atoms. The molecule has 0 amide bonds. The summed E-state index contributed by atoms with van der Waals surface area (Å²) in [6, 6.07) is 0. The summed E-state index contributed by atoms with van der Waals surface area (Å²) in [5.74, 6) is -2.88. The number of hydrogen-bond donors (Lipinski definition) is 2. The van der Waals surface area contributed by atoms with Gasteiger partial charge in [-0.25, -0.2) is 9.59 Å². The van der Waals surface area contributed by atoms with E-state index < -0.39 is 34.1 Å². The van der Waals surface area contributed by atoms with Crippen LogP contribution in [0.25, 0.3) is 0 Å². The zero-order chi connectivity index (χ0) is 15.6. The van der Waals surface area contributed by atoms with E-state index in [-0.39, 0.29) is 0 Å². The minimum absolute atomic E-state index is 0.724. The van der Waals surface area contributed by atoms with Gasteiger partial charge in [-0.3, -0.25) is 0 Å². The number of carbonyl (C=O) groups is 2. The quantitative estimate of drug-likeness (QED) is 0.608. The van der Waals surface area contributed by atoms with Gasteiger partial charge in [-0.15, -0.1) is 0 Å². The molecule has 1 atom stereocenters. The highest BCUT2D eigenvalue weighted by Crippen LogP contribution is 2.57. The summed E-state index contributed by atoms with van der Waals surface area (Å²) >= 11 is 0. The highest BCUT2D eigenvalue weighted by molar-refractivity contribution is 5.86. The van der Waals surface area contributed by atoms with E-state index >= 15 is 0 Å². The Hall–Kier alpha value is -1.14. The van der Waals surface area contributed by atoms with Gasteiger partial charge < -0.3 is 9.78 Å². The maximum Gasteiger partial charge on any atom is 0.350 e. The standard InChI is InChI=1S/C13H24O6/c1-8(9(14)18-16)13(10(15)19-17,11(2,3)4)12(5,6)7/h8,16-17H,1-7H3. The van der Waals surface area contributed by atoms with Crippen molar-refractivity contribution in [1.82, 2.24) is 0 Å². The predicted octanol–water partition coefficient (Wildman–Crippen LogP) is 2.73. The Morgan fingerprint density at radius 2 is 1.26 bits per heavy atom. The lowest BCUT2D eigenvalue weighted by Crippen LogP contribution is -2.58. The molecule has 0 radical (unpaired) electrons. The second-order valence-corrected chi connectivity index (χ2v) is 6.82. The van der Waals surface area contributed by atoms with Crippen LogP contribution in [0.4, 0.5) is 0 Å². The molecule has 112 valence electrons. The van der Waals surface area contributed by atoms with Gasteiger partial charge in [0.1, 0.15) is 0 Å². The molecule has 6 heteroatoms. The number of carbonyl (C=O) groups excluding carboxylic acids is 2. The molecule has 0 saturated carbocycles. The molecule has 19 heavy (non-hydrogen) atoms. The zero-order valence-electron chi connectivity index (χ0n) is 12.6. The maximum absolute atomic E-state index is 12.2. The Kier molecular flexibility index (Phi) is 5.14. The second kappa shape index (κ2) is 5.46. The Balaban J connectivity index is 6.25. The number of hydrogen-bond acceptors (Lipinski definition) is 6. The van der Waals surface area contributed by atoms with Crippen LogP contribution < -0.4 is 0 Å². The lowest BCUT2D eigenvalue weighted by Gasteiger charge is -2.52. The van der Waals surface area contributed by atoms with Gasteiger partial charge >= 0.3 is 11.9 Å². The molecule has 0 rings (SSSR count). The van der Waals surface area contributed by atoms with Crippen LogP contribution in [0.1, 0.15) is 48.5 Å². The molecule has 0 aliphatic carbocycles. The van der Waals surface area contributed by atoms with Crippen molar-refractivity contribution >= 4 is 11.9 Å². The zero-order valence-corrected chi connectivity index (χ0v) is 12.6. The fourth-order valence-corrected chi connectivity index (χ4v) is 3.54. The Bertz CT molecular complexity index is 333. The van der Waals surface area contributed by atoms with Crippen LogP contribution in [0, 0.1) is 22.2 Å². The molecule has 0 aromatic carbocycles. The first kappa shape index (κ1) is 17.9. The molecular weight excluding hydrogens is 252 g/mol. The van der Waals surface area contributed by atoms with Gasteiger partial charge in [-0.2, -0.15) is 10.5 Å². The third kappa shape index (κ3) is 2.74. The summed E-state index contributed by atoms with van der Waals surface area (Å²) in [5, 5.41) is 17.4. The maximum atomic E-state index is 12.2. The summed E-state index contributed by atoms with van der Waals surface area (Å²) in [4.78, 5) is 31.7. The highest BCUT2D eigenvalue weighted by Gasteiger charge is 2.63. The van der Waals surface area contributed by atoms with Crippen molar-refractivity contribution in [3.8, 4) is 0 Å². The summed E-state index contributed by atoms with van der Waals surface area (Å²) in [6.07, 6.45) is 0. The summed E-state index contributed by atoms with van der Waals surface area (Å²) in [5.41, 5.74) is -2.83. The normalized spacial score (nSPS) is 14.8. The minimum Gasteiger partial charge on any atom is -0.301 e. The Morgan fingerprint density at radius 1 is 0.895 bits per heavy atom. The van der Waals surface area contributed by atoms with E-state index in [1.165, 1.54) is 6.92 Å². The van der Waals surface area contributed by atoms with Crippen LogP contribution >= 0.6 is 0 Å². The van der Waals surface area contributed by atoms with Crippen molar-refractivity contribution in [3.05, 3.63) is 0 Å². The van der Waals surface area contributed by atoms with Gasteiger partial charge in [0.15, 0.2) is 0 Å². The first-order valence-corrected chi connectivity index (χ1v) is 6.09. The van der Waals surface area contributed by atoms with Crippen molar-refractivity contribution in [3.63, 3.8) is 0 Å². The fourth-order valence-electron chi connectivity index (χ4n) is 3.54. The van der Waals surface area contributed by atoms with Gasteiger partial charge in [-0.1, -0.05) is 48.5 Å². The lowest BCUT2D eigenvalue weighted by atomic mass is 9.49. The molecule has 0 fully saturated rings. The largest absolute Gasteiger partial charge is 0.350 e. The Morgan fingerprint density at radius 3 is 1.47 bits per heavy atom. The topological polar surface area (TPSA) is 93.1 Å². The van der Waals surface area contributed by atoms with Crippen molar-refractivity contribution in [2.75, 3.05) is 0 Å². The predicted molar refractivity (Wildman–Crippen MR) is 67.9 cm³/mol. The summed E-state index contributed by atoms with van der Waals surface area (Å²) in [7, 11) is 0. The van der Waals surface area contributed by atoms with E-state index in [2.05, 4.69) is 9.78 Å². The average molecular weight is 276 g/mol. The molecule has 1 unspecified atom stereocenters.